The smallest absolute Gasteiger partial charge is 0.136 e. The van der Waals surface area contributed by atoms with Crippen molar-refractivity contribution in [3.05, 3.63) is 0 Å². The van der Waals surface area contributed by atoms with Gasteiger partial charge in [0, 0.05) is 12.3 Å². The van der Waals surface area contributed by atoms with Crippen molar-refractivity contribution in [2.45, 2.75) is 81.1 Å². The molecule has 1 saturated carbocycles. The molecule has 0 radical (unpaired) electrons. The van der Waals surface area contributed by atoms with Gasteiger partial charge in [0.25, 0.3) is 0 Å². The van der Waals surface area contributed by atoms with Crippen molar-refractivity contribution in [2.24, 2.45) is 28.1 Å². The summed E-state index contributed by atoms with van der Waals surface area (Å²) in [6.45, 7) is 18.3. The lowest BCUT2D eigenvalue weighted by Crippen LogP contribution is -2.40. The molecule has 112 valence electrons. The summed E-state index contributed by atoms with van der Waals surface area (Å²) in [5.41, 5.74) is 0.734. The summed E-state index contributed by atoms with van der Waals surface area (Å²) in [5, 5.41) is 0. The lowest BCUT2D eigenvalue weighted by Gasteiger charge is -2.44. The Balaban J connectivity index is 2.91. The number of ketones is 1. The predicted octanol–water partition coefficient (Wildman–Crippen LogP) is 5.48. The Kier molecular flexibility index (Phi) is 4.59. The zero-order valence-corrected chi connectivity index (χ0v) is 14.4. The lowest BCUT2D eigenvalue weighted by molar-refractivity contribution is -0.132. The van der Waals surface area contributed by atoms with Crippen LogP contribution in [0.1, 0.15) is 81.1 Å². The molecule has 0 spiro atoms. The van der Waals surface area contributed by atoms with Crippen LogP contribution in [0.5, 0.6) is 0 Å². The van der Waals surface area contributed by atoms with E-state index >= 15 is 0 Å². The molecule has 1 heteroatoms. The second kappa shape index (κ2) is 5.22. The summed E-state index contributed by atoms with van der Waals surface area (Å²) in [4.78, 5) is 12.6. The van der Waals surface area contributed by atoms with Crippen LogP contribution in [0.3, 0.4) is 0 Å². The van der Waals surface area contributed by atoms with Crippen LogP contribution >= 0.6 is 0 Å². The predicted molar refractivity (Wildman–Crippen MR) is 83.1 cm³/mol. The third kappa shape index (κ3) is 4.93. The first-order valence-corrected chi connectivity index (χ1v) is 7.85. The molecule has 0 bridgehead atoms. The van der Waals surface area contributed by atoms with Crippen molar-refractivity contribution in [3.8, 4) is 0 Å². The fraction of sp³-hybridized carbons (Fsp3) is 0.944. The van der Waals surface area contributed by atoms with Crippen LogP contribution in [-0.4, -0.2) is 5.78 Å². The van der Waals surface area contributed by atoms with Crippen molar-refractivity contribution >= 4 is 5.78 Å². The van der Waals surface area contributed by atoms with Crippen molar-refractivity contribution < 1.29 is 4.79 Å². The van der Waals surface area contributed by atoms with Crippen molar-refractivity contribution in [1.29, 1.82) is 0 Å². The first kappa shape index (κ1) is 16.7. The number of Topliss-reactive ketones (excluding diaryl/α,β-unsaturated/α-hetero) is 1. The Morgan fingerprint density at radius 1 is 1.16 bits per heavy atom. The van der Waals surface area contributed by atoms with Crippen LogP contribution in [0, 0.1) is 28.1 Å². The summed E-state index contributed by atoms with van der Waals surface area (Å²) in [6.07, 6.45) is 4.20. The van der Waals surface area contributed by atoms with E-state index in [-0.39, 0.29) is 16.7 Å². The molecule has 0 aromatic carbocycles. The highest BCUT2D eigenvalue weighted by molar-refractivity contribution is 5.82. The van der Waals surface area contributed by atoms with Gasteiger partial charge in [0.1, 0.15) is 5.78 Å². The van der Waals surface area contributed by atoms with E-state index in [1.165, 1.54) is 6.42 Å². The van der Waals surface area contributed by atoms with Gasteiger partial charge in [-0.3, -0.25) is 4.79 Å². The molecule has 1 rings (SSSR count). The van der Waals surface area contributed by atoms with Gasteiger partial charge in [-0.1, -0.05) is 55.4 Å². The fourth-order valence-electron chi connectivity index (χ4n) is 3.54. The third-order valence-electron chi connectivity index (χ3n) is 4.63. The van der Waals surface area contributed by atoms with Gasteiger partial charge in [-0.25, -0.2) is 0 Å². The third-order valence-corrected chi connectivity index (χ3v) is 4.63. The van der Waals surface area contributed by atoms with Gasteiger partial charge in [-0.15, -0.1) is 0 Å². The van der Waals surface area contributed by atoms with Gasteiger partial charge in [0.2, 0.25) is 0 Å². The Morgan fingerprint density at radius 2 is 1.68 bits per heavy atom. The quantitative estimate of drug-likeness (QED) is 0.646. The Hall–Kier alpha value is -0.330. The van der Waals surface area contributed by atoms with Gasteiger partial charge in [-0.2, -0.15) is 0 Å². The molecule has 0 amide bonds. The van der Waals surface area contributed by atoms with E-state index in [9.17, 15) is 4.79 Å². The molecule has 0 aromatic rings. The maximum atomic E-state index is 12.6. The topological polar surface area (TPSA) is 17.1 Å². The zero-order valence-electron chi connectivity index (χ0n) is 14.4. The first-order chi connectivity index (χ1) is 8.32. The standard InChI is InChI=1S/C18H34O/c1-16(2,3)11-14(17(4,5)6)13-9-10-18(7,8)12-15(13)19/h13-14H,9-12H2,1-8H3. The summed E-state index contributed by atoms with van der Waals surface area (Å²) >= 11 is 0. The van der Waals surface area contributed by atoms with Gasteiger partial charge < -0.3 is 0 Å². The molecular formula is C18H34O. The molecule has 1 fully saturated rings. The van der Waals surface area contributed by atoms with Gasteiger partial charge in [-0.05, 0) is 41.4 Å². The molecule has 19 heavy (non-hydrogen) atoms. The molecule has 2 unspecified atom stereocenters. The van der Waals surface area contributed by atoms with Crippen LogP contribution in [0.4, 0.5) is 0 Å². The number of hydrogen-bond acceptors (Lipinski definition) is 1. The highest BCUT2D eigenvalue weighted by Crippen LogP contribution is 2.47. The van der Waals surface area contributed by atoms with E-state index < -0.39 is 0 Å². The largest absolute Gasteiger partial charge is 0.299 e. The first-order valence-electron chi connectivity index (χ1n) is 7.85. The minimum atomic E-state index is 0.217. The van der Waals surface area contributed by atoms with Crippen LogP contribution in [0.2, 0.25) is 0 Å². The molecule has 2 atom stereocenters. The van der Waals surface area contributed by atoms with Crippen LogP contribution in [0.15, 0.2) is 0 Å². The van der Waals surface area contributed by atoms with E-state index in [0.29, 0.717) is 17.1 Å². The SMILES string of the molecule is CC(C)(C)CC(C1CCC(C)(C)CC1=O)C(C)(C)C. The fourth-order valence-corrected chi connectivity index (χ4v) is 3.54. The molecule has 0 heterocycles. The van der Waals surface area contributed by atoms with Crippen LogP contribution in [-0.2, 0) is 4.79 Å². The second-order valence-corrected chi connectivity index (χ2v) is 9.69. The van der Waals surface area contributed by atoms with E-state index in [0.717, 1.165) is 19.3 Å². The molecule has 0 N–H and O–H groups in total. The number of carbonyl (C=O) groups is 1. The molecular weight excluding hydrogens is 232 g/mol. The highest BCUT2D eigenvalue weighted by atomic mass is 16.1. The van der Waals surface area contributed by atoms with Crippen molar-refractivity contribution in [2.75, 3.05) is 0 Å². The molecule has 1 nitrogen and oxygen atoms in total. The average molecular weight is 266 g/mol. The zero-order chi connectivity index (χ0) is 15.1. The highest BCUT2D eigenvalue weighted by Gasteiger charge is 2.42. The summed E-state index contributed by atoms with van der Waals surface area (Å²) in [6, 6.07) is 0. The number of hydrogen-bond donors (Lipinski definition) is 0. The van der Waals surface area contributed by atoms with Gasteiger partial charge in [0.05, 0.1) is 0 Å². The van der Waals surface area contributed by atoms with Crippen molar-refractivity contribution in [3.63, 3.8) is 0 Å². The molecule has 0 saturated heterocycles. The van der Waals surface area contributed by atoms with Crippen LogP contribution < -0.4 is 0 Å². The minimum Gasteiger partial charge on any atom is -0.299 e. The molecule has 0 aliphatic heterocycles. The minimum absolute atomic E-state index is 0.217. The van der Waals surface area contributed by atoms with E-state index in [4.69, 9.17) is 0 Å². The number of rotatable bonds is 2. The Labute approximate surface area is 120 Å². The van der Waals surface area contributed by atoms with E-state index in [1.54, 1.807) is 0 Å². The molecule has 0 aromatic heterocycles. The lowest BCUT2D eigenvalue weighted by atomic mass is 9.60. The van der Waals surface area contributed by atoms with Crippen LogP contribution in [0.25, 0.3) is 0 Å². The summed E-state index contributed by atoms with van der Waals surface area (Å²) < 4.78 is 0. The van der Waals surface area contributed by atoms with E-state index in [1.807, 2.05) is 0 Å². The Bertz CT molecular complexity index is 325. The maximum Gasteiger partial charge on any atom is 0.136 e. The second-order valence-electron chi connectivity index (χ2n) is 9.69. The van der Waals surface area contributed by atoms with Crippen molar-refractivity contribution in [1.82, 2.24) is 0 Å². The summed E-state index contributed by atoms with van der Waals surface area (Å²) in [5.74, 6) is 1.31. The molecule has 1 aliphatic rings. The number of carbonyl (C=O) groups excluding carboxylic acids is 1. The van der Waals surface area contributed by atoms with Gasteiger partial charge in [0.15, 0.2) is 0 Å². The normalized spacial score (nSPS) is 26.3. The Morgan fingerprint density at radius 3 is 2.05 bits per heavy atom. The molecule has 1 aliphatic carbocycles. The monoisotopic (exact) mass is 266 g/mol. The van der Waals surface area contributed by atoms with Gasteiger partial charge >= 0.3 is 0 Å². The summed E-state index contributed by atoms with van der Waals surface area (Å²) in [7, 11) is 0. The average Bonchev–Trinajstić information content (AvgIpc) is 2.10. The maximum absolute atomic E-state index is 12.6. The van der Waals surface area contributed by atoms with E-state index in [2.05, 4.69) is 55.4 Å².